The van der Waals surface area contributed by atoms with E-state index in [-0.39, 0.29) is 17.5 Å². The maximum atomic E-state index is 13.1. The van der Waals surface area contributed by atoms with Gasteiger partial charge in [-0.15, -0.1) is 0 Å². The standard InChI is InChI=1S/C24H27N3O3/c1-17-7-9-18(10-8-17)22(27-11-13-30-14-12-27)16-25-24(29)20-15-23(28)26(2)21-6-4-3-5-19(20)21/h3-10,15,22H,11-14,16H2,1-2H3,(H,25,29). The zero-order valence-corrected chi connectivity index (χ0v) is 17.4. The Kier molecular flexibility index (Phi) is 5.97. The number of hydrogen-bond acceptors (Lipinski definition) is 4. The van der Waals surface area contributed by atoms with Crippen LogP contribution in [0, 0.1) is 6.92 Å². The number of carbonyl (C=O) groups excluding carboxylic acids is 1. The molecule has 1 aromatic heterocycles. The Labute approximate surface area is 176 Å². The number of fused-ring (bicyclic) bond motifs is 1. The third-order valence-corrected chi connectivity index (χ3v) is 5.80. The van der Waals surface area contributed by atoms with Crippen molar-refractivity contribution in [3.05, 3.63) is 81.6 Å². The van der Waals surface area contributed by atoms with Gasteiger partial charge in [0.1, 0.15) is 0 Å². The van der Waals surface area contributed by atoms with Crippen LogP contribution in [0.4, 0.5) is 0 Å². The number of ether oxygens (including phenoxy) is 1. The Morgan fingerprint density at radius 1 is 1.10 bits per heavy atom. The quantitative estimate of drug-likeness (QED) is 0.709. The van der Waals surface area contributed by atoms with Crippen LogP contribution in [-0.4, -0.2) is 48.2 Å². The van der Waals surface area contributed by atoms with Gasteiger partial charge >= 0.3 is 0 Å². The number of nitrogens with zero attached hydrogens (tertiary/aromatic N) is 2. The van der Waals surface area contributed by atoms with Gasteiger partial charge in [0.15, 0.2) is 0 Å². The molecule has 0 radical (unpaired) electrons. The topological polar surface area (TPSA) is 63.6 Å². The van der Waals surface area contributed by atoms with Gasteiger partial charge in [-0.25, -0.2) is 0 Å². The molecule has 1 saturated heterocycles. The summed E-state index contributed by atoms with van der Waals surface area (Å²) < 4.78 is 7.07. The minimum Gasteiger partial charge on any atom is -0.379 e. The number of hydrogen-bond donors (Lipinski definition) is 1. The Balaban J connectivity index is 1.60. The monoisotopic (exact) mass is 405 g/mol. The molecule has 1 aliphatic heterocycles. The van der Waals surface area contributed by atoms with E-state index in [4.69, 9.17) is 4.74 Å². The summed E-state index contributed by atoms with van der Waals surface area (Å²) in [6, 6.07) is 17.4. The van der Waals surface area contributed by atoms with Crippen molar-refractivity contribution in [1.82, 2.24) is 14.8 Å². The molecule has 0 aliphatic carbocycles. The number of amides is 1. The highest BCUT2D eigenvalue weighted by molar-refractivity contribution is 6.06. The van der Waals surface area contributed by atoms with Crippen LogP contribution in [0.25, 0.3) is 10.9 Å². The van der Waals surface area contributed by atoms with Gasteiger partial charge in [0.05, 0.1) is 30.3 Å². The van der Waals surface area contributed by atoms with Crippen molar-refractivity contribution in [2.24, 2.45) is 7.05 Å². The average Bonchev–Trinajstić information content (AvgIpc) is 2.78. The largest absolute Gasteiger partial charge is 0.379 e. The molecule has 0 saturated carbocycles. The number of carbonyl (C=O) groups is 1. The zero-order chi connectivity index (χ0) is 21.1. The fourth-order valence-corrected chi connectivity index (χ4v) is 4.02. The number of aromatic nitrogens is 1. The van der Waals surface area contributed by atoms with Gasteiger partial charge in [-0.05, 0) is 18.6 Å². The molecule has 30 heavy (non-hydrogen) atoms. The zero-order valence-electron chi connectivity index (χ0n) is 17.4. The lowest BCUT2D eigenvalue weighted by molar-refractivity contribution is 0.0162. The van der Waals surface area contributed by atoms with Gasteiger partial charge in [0, 0.05) is 38.1 Å². The molecule has 156 valence electrons. The van der Waals surface area contributed by atoms with Crippen LogP contribution < -0.4 is 10.9 Å². The number of para-hydroxylation sites is 1. The fraction of sp³-hybridized carbons (Fsp3) is 0.333. The summed E-state index contributed by atoms with van der Waals surface area (Å²) in [5, 5.41) is 3.85. The molecule has 4 rings (SSSR count). The molecule has 0 bridgehead atoms. The maximum absolute atomic E-state index is 13.1. The van der Waals surface area contributed by atoms with Crippen LogP contribution in [0.2, 0.25) is 0 Å². The van der Waals surface area contributed by atoms with Crippen molar-refractivity contribution in [1.29, 1.82) is 0 Å². The van der Waals surface area contributed by atoms with E-state index in [1.54, 1.807) is 11.6 Å². The van der Waals surface area contributed by atoms with Crippen molar-refractivity contribution in [3.8, 4) is 0 Å². The average molecular weight is 405 g/mol. The smallest absolute Gasteiger partial charge is 0.252 e. The minimum absolute atomic E-state index is 0.0521. The van der Waals surface area contributed by atoms with Crippen LogP contribution in [0.5, 0.6) is 0 Å². The molecule has 2 aromatic carbocycles. The summed E-state index contributed by atoms with van der Waals surface area (Å²) in [4.78, 5) is 27.8. The van der Waals surface area contributed by atoms with Gasteiger partial charge in [0.2, 0.25) is 0 Å². The molecule has 6 nitrogen and oxygen atoms in total. The van der Waals surface area contributed by atoms with E-state index in [1.807, 2.05) is 24.3 Å². The molecule has 1 N–H and O–H groups in total. The summed E-state index contributed by atoms with van der Waals surface area (Å²) in [7, 11) is 1.72. The van der Waals surface area contributed by atoms with Crippen LogP contribution in [0.1, 0.15) is 27.5 Å². The molecule has 2 heterocycles. The molecule has 0 spiro atoms. The molecule has 1 atom stereocenters. The molecular weight excluding hydrogens is 378 g/mol. The SMILES string of the molecule is Cc1ccc(C(CNC(=O)c2cc(=O)n(C)c3ccccc23)N2CCOCC2)cc1. The molecule has 1 amide bonds. The fourth-order valence-electron chi connectivity index (χ4n) is 4.02. The Hall–Kier alpha value is -2.96. The lowest BCUT2D eigenvalue weighted by atomic mass is 10.0. The number of nitrogens with one attached hydrogen (secondary N) is 1. The summed E-state index contributed by atoms with van der Waals surface area (Å²) in [6.45, 7) is 5.56. The van der Waals surface area contributed by atoms with Crippen LogP contribution >= 0.6 is 0 Å². The van der Waals surface area contributed by atoms with E-state index < -0.39 is 0 Å². The minimum atomic E-state index is -0.228. The molecule has 6 heteroatoms. The first-order valence-corrected chi connectivity index (χ1v) is 10.3. The second-order valence-corrected chi connectivity index (χ2v) is 7.76. The highest BCUT2D eigenvalue weighted by atomic mass is 16.5. The second-order valence-electron chi connectivity index (χ2n) is 7.76. The third-order valence-electron chi connectivity index (χ3n) is 5.80. The lowest BCUT2D eigenvalue weighted by Gasteiger charge is -2.35. The number of benzene rings is 2. The van der Waals surface area contributed by atoms with Crippen molar-refractivity contribution >= 4 is 16.8 Å². The first-order valence-electron chi connectivity index (χ1n) is 10.3. The van der Waals surface area contributed by atoms with E-state index in [9.17, 15) is 9.59 Å². The van der Waals surface area contributed by atoms with Crippen molar-refractivity contribution in [2.45, 2.75) is 13.0 Å². The van der Waals surface area contributed by atoms with Gasteiger partial charge < -0.3 is 14.6 Å². The lowest BCUT2D eigenvalue weighted by Crippen LogP contribution is -2.44. The Morgan fingerprint density at radius 3 is 2.53 bits per heavy atom. The number of morpholine rings is 1. The summed E-state index contributed by atoms with van der Waals surface area (Å²) in [5.41, 5.74) is 3.34. The Bertz CT molecular complexity index is 1100. The van der Waals surface area contributed by atoms with Gasteiger partial charge in [-0.1, -0.05) is 48.0 Å². The molecular formula is C24H27N3O3. The van der Waals surface area contributed by atoms with Gasteiger partial charge in [-0.3, -0.25) is 14.5 Å². The van der Waals surface area contributed by atoms with Crippen LogP contribution in [0.15, 0.2) is 59.4 Å². The first-order chi connectivity index (χ1) is 14.5. The maximum Gasteiger partial charge on any atom is 0.252 e. The van der Waals surface area contributed by atoms with Crippen LogP contribution in [-0.2, 0) is 11.8 Å². The van der Waals surface area contributed by atoms with Crippen LogP contribution in [0.3, 0.4) is 0 Å². The van der Waals surface area contributed by atoms with E-state index in [0.29, 0.717) is 25.3 Å². The predicted octanol–water partition coefficient (Wildman–Crippen LogP) is 2.65. The number of pyridine rings is 1. The highest BCUT2D eigenvalue weighted by Gasteiger charge is 2.24. The molecule has 1 aliphatic rings. The van der Waals surface area contributed by atoms with Crippen molar-refractivity contribution < 1.29 is 9.53 Å². The summed E-state index contributed by atoms with van der Waals surface area (Å²) >= 11 is 0. The van der Waals surface area contributed by atoms with Crippen molar-refractivity contribution in [3.63, 3.8) is 0 Å². The van der Waals surface area contributed by atoms with E-state index in [1.165, 1.54) is 11.6 Å². The molecule has 1 unspecified atom stereocenters. The normalized spacial score (nSPS) is 15.8. The Morgan fingerprint density at radius 2 is 1.80 bits per heavy atom. The number of rotatable bonds is 5. The molecule has 1 fully saturated rings. The summed E-state index contributed by atoms with van der Waals surface area (Å²) in [6.07, 6.45) is 0. The highest BCUT2D eigenvalue weighted by Crippen LogP contribution is 2.22. The number of aryl methyl sites for hydroxylation is 2. The van der Waals surface area contributed by atoms with Gasteiger partial charge in [0.25, 0.3) is 11.5 Å². The van der Waals surface area contributed by atoms with E-state index >= 15 is 0 Å². The second kappa shape index (κ2) is 8.81. The molecule has 3 aromatic rings. The first kappa shape index (κ1) is 20.3. The predicted molar refractivity (Wildman–Crippen MR) is 118 cm³/mol. The van der Waals surface area contributed by atoms with Gasteiger partial charge in [-0.2, -0.15) is 0 Å². The summed E-state index contributed by atoms with van der Waals surface area (Å²) in [5.74, 6) is -0.228. The third kappa shape index (κ3) is 4.15. The van der Waals surface area contributed by atoms with Crippen molar-refractivity contribution in [2.75, 3.05) is 32.8 Å². The van der Waals surface area contributed by atoms with E-state index in [2.05, 4.69) is 41.4 Å². The van der Waals surface area contributed by atoms with E-state index in [0.717, 1.165) is 29.6 Å².